The predicted molar refractivity (Wildman–Crippen MR) is 88.2 cm³/mol. The highest BCUT2D eigenvalue weighted by Crippen LogP contribution is 2.19. The normalized spacial score (nSPS) is 10.4. The second kappa shape index (κ2) is 7.04. The average Bonchev–Trinajstić information content (AvgIpc) is 2.60. The quantitative estimate of drug-likeness (QED) is 0.734. The van der Waals surface area contributed by atoms with E-state index >= 15 is 0 Å². The van der Waals surface area contributed by atoms with Crippen molar-refractivity contribution in [1.29, 1.82) is 0 Å². The minimum atomic E-state index is -0.961. The molecule has 0 aliphatic heterocycles. The molecule has 3 aromatic rings. The van der Waals surface area contributed by atoms with Crippen molar-refractivity contribution >= 4 is 23.1 Å². The van der Waals surface area contributed by atoms with Crippen LogP contribution in [0.1, 0.15) is 10.4 Å². The zero-order valence-electron chi connectivity index (χ0n) is 12.8. The summed E-state index contributed by atoms with van der Waals surface area (Å²) in [5, 5.41) is 5.40. The maximum atomic E-state index is 13.2. The van der Waals surface area contributed by atoms with Crippen LogP contribution in [0.2, 0.25) is 0 Å². The molecular weight excluding hydrogens is 331 g/mol. The van der Waals surface area contributed by atoms with Gasteiger partial charge in [-0.3, -0.25) is 4.79 Å². The first kappa shape index (κ1) is 16.5. The lowest BCUT2D eigenvalue weighted by atomic mass is 10.2. The van der Waals surface area contributed by atoms with Gasteiger partial charge in [0.05, 0.1) is 11.9 Å². The van der Waals surface area contributed by atoms with E-state index in [4.69, 9.17) is 0 Å². The van der Waals surface area contributed by atoms with Gasteiger partial charge in [-0.25, -0.2) is 18.2 Å². The Morgan fingerprint density at radius 1 is 0.880 bits per heavy atom. The number of halogens is 3. The molecule has 4 nitrogen and oxygen atoms in total. The Kier molecular flexibility index (Phi) is 4.65. The van der Waals surface area contributed by atoms with E-state index in [2.05, 4.69) is 15.6 Å². The fourth-order valence-corrected chi connectivity index (χ4v) is 2.10. The molecule has 0 radical (unpaired) electrons. The van der Waals surface area contributed by atoms with E-state index < -0.39 is 23.4 Å². The molecule has 0 bridgehead atoms. The summed E-state index contributed by atoms with van der Waals surface area (Å²) in [5.74, 6) is -2.62. The molecule has 0 atom stereocenters. The van der Waals surface area contributed by atoms with E-state index in [-0.39, 0.29) is 11.4 Å². The number of carbonyl (C=O) groups excluding carboxylic acids is 1. The zero-order valence-corrected chi connectivity index (χ0v) is 12.8. The smallest absolute Gasteiger partial charge is 0.256 e. The highest BCUT2D eigenvalue weighted by molar-refractivity contribution is 6.03. The molecule has 0 spiro atoms. The van der Waals surface area contributed by atoms with Crippen LogP contribution < -0.4 is 10.6 Å². The van der Waals surface area contributed by atoms with Gasteiger partial charge in [0.1, 0.15) is 11.6 Å². The number of amides is 1. The summed E-state index contributed by atoms with van der Waals surface area (Å²) in [6.45, 7) is 0. The van der Waals surface area contributed by atoms with Crippen molar-refractivity contribution in [2.45, 2.75) is 0 Å². The first-order valence-electron chi connectivity index (χ1n) is 7.26. The number of hydrogen-bond donors (Lipinski definition) is 2. The molecule has 1 amide bonds. The fourth-order valence-electron chi connectivity index (χ4n) is 2.10. The van der Waals surface area contributed by atoms with E-state index in [9.17, 15) is 18.0 Å². The van der Waals surface area contributed by atoms with Crippen molar-refractivity contribution in [1.82, 2.24) is 4.98 Å². The maximum Gasteiger partial charge on any atom is 0.256 e. The Morgan fingerprint density at radius 3 is 2.36 bits per heavy atom. The summed E-state index contributed by atoms with van der Waals surface area (Å²) in [4.78, 5) is 16.0. The number of anilines is 3. The lowest BCUT2D eigenvalue weighted by Crippen LogP contribution is -2.13. The van der Waals surface area contributed by atoms with E-state index in [1.54, 1.807) is 6.07 Å². The highest BCUT2D eigenvalue weighted by atomic mass is 19.2. The van der Waals surface area contributed by atoms with Gasteiger partial charge in [-0.05, 0) is 42.5 Å². The molecule has 0 unspecified atom stereocenters. The fraction of sp³-hybridized carbons (Fsp3) is 0. The SMILES string of the molecule is O=C(Nc1ccc(Nc2ccc(F)c(F)c2)cn1)c1cccc(F)c1. The third kappa shape index (κ3) is 4.14. The lowest BCUT2D eigenvalue weighted by Gasteiger charge is -2.08. The van der Waals surface area contributed by atoms with E-state index in [1.807, 2.05) is 0 Å². The number of nitrogens with one attached hydrogen (secondary N) is 2. The number of pyridine rings is 1. The van der Waals surface area contributed by atoms with Gasteiger partial charge in [0, 0.05) is 17.3 Å². The molecule has 1 heterocycles. The predicted octanol–water partition coefficient (Wildman–Crippen LogP) is 4.49. The van der Waals surface area contributed by atoms with E-state index in [1.165, 1.54) is 36.5 Å². The van der Waals surface area contributed by atoms with Crippen molar-refractivity contribution in [3.8, 4) is 0 Å². The van der Waals surface area contributed by atoms with Crippen LogP contribution >= 0.6 is 0 Å². The summed E-state index contributed by atoms with van der Waals surface area (Å²) in [6.07, 6.45) is 1.42. The van der Waals surface area contributed by atoms with Crippen LogP contribution in [0.5, 0.6) is 0 Å². The highest BCUT2D eigenvalue weighted by Gasteiger charge is 2.08. The molecule has 126 valence electrons. The van der Waals surface area contributed by atoms with Crippen molar-refractivity contribution < 1.29 is 18.0 Å². The Morgan fingerprint density at radius 2 is 1.68 bits per heavy atom. The minimum Gasteiger partial charge on any atom is -0.354 e. The van der Waals surface area contributed by atoms with E-state index in [0.29, 0.717) is 11.4 Å². The molecule has 0 saturated heterocycles. The maximum absolute atomic E-state index is 13.2. The summed E-state index contributed by atoms with van der Waals surface area (Å²) in [5.41, 5.74) is 1.05. The van der Waals surface area contributed by atoms with Crippen LogP contribution in [0.15, 0.2) is 60.8 Å². The largest absolute Gasteiger partial charge is 0.354 e. The lowest BCUT2D eigenvalue weighted by molar-refractivity contribution is 0.102. The second-order valence-electron chi connectivity index (χ2n) is 5.15. The van der Waals surface area contributed by atoms with Crippen molar-refractivity contribution in [2.24, 2.45) is 0 Å². The first-order valence-corrected chi connectivity index (χ1v) is 7.26. The molecule has 0 fully saturated rings. The van der Waals surface area contributed by atoms with Gasteiger partial charge in [0.25, 0.3) is 5.91 Å². The summed E-state index contributed by atoms with van der Waals surface area (Å²) in [6, 6.07) is 11.8. The number of carbonyl (C=O) groups is 1. The monoisotopic (exact) mass is 343 g/mol. The van der Waals surface area contributed by atoms with Gasteiger partial charge >= 0.3 is 0 Å². The number of hydrogen-bond acceptors (Lipinski definition) is 3. The summed E-state index contributed by atoms with van der Waals surface area (Å²) in [7, 11) is 0. The molecule has 2 aromatic carbocycles. The number of nitrogens with zero attached hydrogens (tertiary/aromatic N) is 1. The minimum absolute atomic E-state index is 0.172. The third-order valence-corrected chi connectivity index (χ3v) is 3.30. The van der Waals surface area contributed by atoms with Gasteiger partial charge < -0.3 is 10.6 Å². The Bertz CT molecular complexity index is 914. The van der Waals surface area contributed by atoms with Crippen molar-refractivity contribution in [2.75, 3.05) is 10.6 Å². The number of benzene rings is 2. The zero-order chi connectivity index (χ0) is 17.8. The Hall–Kier alpha value is -3.35. The molecule has 0 aliphatic carbocycles. The van der Waals surface area contributed by atoms with Crippen LogP contribution in [0.3, 0.4) is 0 Å². The standard InChI is InChI=1S/C18H12F3N3O/c19-12-3-1-2-11(8-12)18(25)24-17-7-5-14(10-22-17)23-13-4-6-15(20)16(21)9-13/h1-10,23H,(H,22,24,25). The molecule has 1 aromatic heterocycles. The molecular formula is C18H12F3N3O. The molecule has 2 N–H and O–H groups in total. The molecule has 3 rings (SSSR count). The van der Waals surface area contributed by atoms with Crippen LogP contribution in [-0.2, 0) is 0 Å². The van der Waals surface area contributed by atoms with Crippen LogP contribution in [0.4, 0.5) is 30.4 Å². The van der Waals surface area contributed by atoms with Gasteiger partial charge in [-0.15, -0.1) is 0 Å². The molecule has 0 saturated carbocycles. The van der Waals surface area contributed by atoms with Gasteiger partial charge in [0.2, 0.25) is 0 Å². The molecule has 7 heteroatoms. The average molecular weight is 343 g/mol. The third-order valence-electron chi connectivity index (χ3n) is 3.30. The summed E-state index contributed by atoms with van der Waals surface area (Å²) < 4.78 is 39.2. The van der Waals surface area contributed by atoms with Crippen molar-refractivity contribution in [3.63, 3.8) is 0 Å². The number of rotatable bonds is 4. The topological polar surface area (TPSA) is 54.0 Å². The first-order chi connectivity index (χ1) is 12.0. The van der Waals surface area contributed by atoms with Crippen LogP contribution in [0.25, 0.3) is 0 Å². The van der Waals surface area contributed by atoms with Gasteiger partial charge in [0.15, 0.2) is 11.6 Å². The van der Waals surface area contributed by atoms with Crippen LogP contribution in [-0.4, -0.2) is 10.9 Å². The Labute approximate surface area is 141 Å². The van der Waals surface area contributed by atoms with Gasteiger partial charge in [-0.1, -0.05) is 6.07 Å². The number of aromatic nitrogens is 1. The Balaban J connectivity index is 1.67. The van der Waals surface area contributed by atoms with Crippen LogP contribution in [0, 0.1) is 17.5 Å². The molecule has 25 heavy (non-hydrogen) atoms. The molecule has 0 aliphatic rings. The van der Waals surface area contributed by atoms with E-state index in [0.717, 1.165) is 18.2 Å². The van der Waals surface area contributed by atoms with Crippen molar-refractivity contribution in [3.05, 3.63) is 83.8 Å². The summed E-state index contributed by atoms with van der Waals surface area (Å²) >= 11 is 0. The van der Waals surface area contributed by atoms with Gasteiger partial charge in [-0.2, -0.15) is 0 Å². The second-order valence-corrected chi connectivity index (χ2v) is 5.15.